The number of ether oxygens (including phenoxy) is 3. The molecule has 1 aliphatic heterocycles. The summed E-state index contributed by atoms with van der Waals surface area (Å²) in [5.41, 5.74) is 2.19. The van der Waals surface area contributed by atoms with Gasteiger partial charge in [0.2, 0.25) is 6.79 Å². The molecule has 0 spiro atoms. The Balaban J connectivity index is 1.40. The summed E-state index contributed by atoms with van der Waals surface area (Å²) in [7, 11) is 0. The van der Waals surface area contributed by atoms with Crippen molar-refractivity contribution in [1.29, 1.82) is 0 Å². The second-order valence-electron chi connectivity index (χ2n) is 8.58. The summed E-state index contributed by atoms with van der Waals surface area (Å²) in [6, 6.07) is 9.59. The topological polar surface area (TPSA) is 73.4 Å². The largest absolute Gasteiger partial charge is 0.454 e. The molecule has 1 saturated carbocycles. The van der Waals surface area contributed by atoms with E-state index in [0.29, 0.717) is 17.2 Å². The van der Waals surface area contributed by atoms with Gasteiger partial charge in [0.15, 0.2) is 11.5 Å². The minimum atomic E-state index is -0.606. The third-order valence-electron chi connectivity index (χ3n) is 5.53. The van der Waals surface area contributed by atoms with Crippen molar-refractivity contribution >= 4 is 17.0 Å². The summed E-state index contributed by atoms with van der Waals surface area (Å²) in [6.45, 7) is 6.64. The molecule has 2 aliphatic rings. The number of H-pyrrole nitrogens is 1. The van der Waals surface area contributed by atoms with Crippen molar-refractivity contribution in [3.05, 3.63) is 47.8 Å². The van der Waals surface area contributed by atoms with Crippen molar-refractivity contribution in [2.45, 2.75) is 44.4 Å². The first-order chi connectivity index (χ1) is 13.3. The highest BCUT2D eigenvalue weighted by atomic mass is 16.7. The lowest BCUT2D eigenvalue weighted by atomic mass is 9.92. The van der Waals surface area contributed by atoms with Crippen molar-refractivity contribution in [3.8, 4) is 17.2 Å². The molecule has 1 fully saturated rings. The van der Waals surface area contributed by atoms with Gasteiger partial charge in [-0.1, -0.05) is 26.8 Å². The van der Waals surface area contributed by atoms with Crippen LogP contribution in [-0.4, -0.2) is 22.7 Å². The fourth-order valence-corrected chi connectivity index (χ4v) is 3.59. The molecule has 1 aliphatic carbocycles. The van der Waals surface area contributed by atoms with E-state index < -0.39 is 5.41 Å². The predicted molar refractivity (Wildman–Crippen MR) is 104 cm³/mol. The third kappa shape index (κ3) is 2.71. The number of fused-ring (bicyclic) bond motifs is 2. The van der Waals surface area contributed by atoms with Gasteiger partial charge in [0.25, 0.3) is 0 Å². The van der Waals surface area contributed by atoms with E-state index in [9.17, 15) is 4.79 Å². The first kappa shape index (κ1) is 17.1. The molecule has 144 valence electrons. The number of carbonyl (C=O) groups excluding carboxylic acids is 1. The number of carbonyl (C=O) groups is 1. The summed E-state index contributed by atoms with van der Waals surface area (Å²) < 4.78 is 16.5. The molecule has 0 atom stereocenters. The highest BCUT2D eigenvalue weighted by Gasteiger charge is 2.53. The van der Waals surface area contributed by atoms with Gasteiger partial charge in [-0.15, -0.1) is 0 Å². The zero-order valence-corrected chi connectivity index (χ0v) is 16.2. The minimum Gasteiger partial charge on any atom is -0.454 e. The average molecular weight is 378 g/mol. The Labute approximate surface area is 162 Å². The molecule has 2 aromatic heterocycles. The molecule has 6 nitrogen and oxygen atoms in total. The van der Waals surface area contributed by atoms with E-state index in [4.69, 9.17) is 14.2 Å². The third-order valence-corrected chi connectivity index (χ3v) is 5.53. The number of esters is 1. The number of aromatic amines is 1. The minimum absolute atomic E-state index is 0.00500. The quantitative estimate of drug-likeness (QED) is 0.691. The normalized spacial score (nSPS) is 17.0. The lowest BCUT2D eigenvalue weighted by molar-refractivity contribution is -0.137. The Hall–Kier alpha value is -3.02. The average Bonchev–Trinajstić information content (AvgIpc) is 3.13. The van der Waals surface area contributed by atoms with Crippen LogP contribution in [0.15, 0.2) is 36.5 Å². The fourth-order valence-electron chi connectivity index (χ4n) is 3.59. The van der Waals surface area contributed by atoms with Crippen LogP contribution < -0.4 is 14.2 Å². The lowest BCUT2D eigenvalue weighted by Crippen LogP contribution is -2.25. The van der Waals surface area contributed by atoms with Crippen LogP contribution in [0.5, 0.6) is 17.2 Å². The van der Waals surface area contributed by atoms with E-state index in [1.807, 2.05) is 24.3 Å². The van der Waals surface area contributed by atoms with Crippen LogP contribution in [0.3, 0.4) is 0 Å². The van der Waals surface area contributed by atoms with Crippen LogP contribution in [0.25, 0.3) is 11.0 Å². The SMILES string of the molecule is CC(C)(C)c1cc2cc(OC(=O)C3(c4ccc5c(c4)OCO5)CC3)cnc2[nH]1. The second kappa shape index (κ2) is 5.74. The molecule has 6 heteroatoms. The molecular weight excluding hydrogens is 356 g/mol. The molecule has 1 N–H and O–H groups in total. The highest BCUT2D eigenvalue weighted by Crippen LogP contribution is 2.51. The molecule has 28 heavy (non-hydrogen) atoms. The number of nitrogens with zero attached hydrogens (tertiary/aromatic N) is 1. The molecule has 3 heterocycles. The van der Waals surface area contributed by atoms with E-state index in [1.165, 1.54) is 0 Å². The Morgan fingerprint density at radius 1 is 1.14 bits per heavy atom. The Morgan fingerprint density at radius 3 is 2.68 bits per heavy atom. The molecule has 3 aromatic rings. The van der Waals surface area contributed by atoms with Gasteiger partial charge < -0.3 is 19.2 Å². The Bertz CT molecular complexity index is 1090. The number of benzene rings is 1. The Kier molecular flexibility index (Phi) is 3.50. The zero-order chi connectivity index (χ0) is 19.5. The molecular formula is C22H22N2O4. The Morgan fingerprint density at radius 2 is 1.93 bits per heavy atom. The van der Waals surface area contributed by atoms with Crippen LogP contribution in [0.4, 0.5) is 0 Å². The van der Waals surface area contributed by atoms with E-state index >= 15 is 0 Å². The summed E-state index contributed by atoms with van der Waals surface area (Å²) in [4.78, 5) is 20.7. The smallest absolute Gasteiger partial charge is 0.322 e. The number of aromatic nitrogens is 2. The molecule has 0 unspecified atom stereocenters. The van der Waals surface area contributed by atoms with Crippen LogP contribution in [-0.2, 0) is 15.6 Å². The van der Waals surface area contributed by atoms with Crippen LogP contribution >= 0.6 is 0 Å². The van der Waals surface area contributed by atoms with Gasteiger partial charge in [0.1, 0.15) is 11.4 Å². The number of nitrogens with one attached hydrogen (secondary N) is 1. The highest BCUT2D eigenvalue weighted by molar-refractivity contribution is 5.89. The number of hydrogen-bond acceptors (Lipinski definition) is 5. The van der Waals surface area contributed by atoms with Crippen molar-refractivity contribution in [2.75, 3.05) is 6.79 Å². The molecule has 0 amide bonds. The van der Waals surface area contributed by atoms with Gasteiger partial charge in [0, 0.05) is 16.5 Å². The van der Waals surface area contributed by atoms with Crippen molar-refractivity contribution in [1.82, 2.24) is 9.97 Å². The summed E-state index contributed by atoms with van der Waals surface area (Å²) in [6.07, 6.45) is 3.12. The summed E-state index contributed by atoms with van der Waals surface area (Å²) in [5.74, 6) is 1.61. The molecule has 0 saturated heterocycles. The van der Waals surface area contributed by atoms with Gasteiger partial charge in [-0.05, 0) is 42.7 Å². The van der Waals surface area contributed by atoms with Crippen molar-refractivity contribution in [3.63, 3.8) is 0 Å². The maximum Gasteiger partial charge on any atom is 0.322 e. The van der Waals surface area contributed by atoms with Gasteiger partial charge in [0.05, 0.1) is 11.6 Å². The standard InChI is InChI=1S/C22H22N2O4/c1-21(2,3)18-9-13-8-15(11-23-19(13)24-18)28-20(25)22(6-7-22)14-4-5-16-17(10-14)27-12-26-16/h4-5,8-11H,6-7,12H2,1-3H3,(H,23,24). The maximum absolute atomic E-state index is 13.0. The van der Waals surface area contributed by atoms with Gasteiger partial charge in [-0.25, -0.2) is 4.98 Å². The van der Waals surface area contributed by atoms with Crippen LogP contribution in [0.2, 0.25) is 0 Å². The van der Waals surface area contributed by atoms with Crippen LogP contribution in [0.1, 0.15) is 44.9 Å². The van der Waals surface area contributed by atoms with Gasteiger partial charge in [-0.2, -0.15) is 0 Å². The maximum atomic E-state index is 13.0. The van der Waals surface area contributed by atoms with Crippen molar-refractivity contribution < 1.29 is 19.0 Å². The van der Waals surface area contributed by atoms with Gasteiger partial charge in [-0.3, -0.25) is 4.79 Å². The number of hydrogen-bond donors (Lipinski definition) is 1. The lowest BCUT2D eigenvalue weighted by Gasteiger charge is -2.15. The van der Waals surface area contributed by atoms with Crippen LogP contribution in [0, 0.1) is 0 Å². The van der Waals surface area contributed by atoms with E-state index in [0.717, 1.165) is 35.1 Å². The first-order valence-corrected chi connectivity index (χ1v) is 9.47. The predicted octanol–water partition coefficient (Wildman–Crippen LogP) is 4.23. The molecule has 5 rings (SSSR count). The second-order valence-corrected chi connectivity index (χ2v) is 8.58. The summed E-state index contributed by atoms with van der Waals surface area (Å²) >= 11 is 0. The van der Waals surface area contributed by atoms with Gasteiger partial charge >= 0.3 is 5.97 Å². The van der Waals surface area contributed by atoms with E-state index in [1.54, 1.807) is 6.20 Å². The first-order valence-electron chi connectivity index (χ1n) is 9.47. The van der Waals surface area contributed by atoms with E-state index in [2.05, 4.69) is 36.8 Å². The fraction of sp³-hybridized carbons (Fsp3) is 0.364. The number of pyridine rings is 1. The number of rotatable bonds is 3. The molecule has 0 radical (unpaired) electrons. The monoisotopic (exact) mass is 378 g/mol. The summed E-state index contributed by atoms with van der Waals surface area (Å²) in [5, 5.41) is 0.933. The zero-order valence-electron chi connectivity index (χ0n) is 16.2. The van der Waals surface area contributed by atoms with E-state index in [-0.39, 0.29) is 18.2 Å². The molecule has 0 bridgehead atoms. The molecule has 1 aromatic carbocycles. The van der Waals surface area contributed by atoms with Crippen molar-refractivity contribution in [2.24, 2.45) is 0 Å².